The van der Waals surface area contributed by atoms with Crippen LogP contribution in [0.4, 0.5) is 0 Å². The molecule has 4 nitrogen and oxygen atoms in total. The third kappa shape index (κ3) is 3.28. The summed E-state index contributed by atoms with van der Waals surface area (Å²) in [5.41, 5.74) is 0. The maximum absolute atomic E-state index is 12.0. The summed E-state index contributed by atoms with van der Waals surface area (Å²) >= 11 is 1.34. The van der Waals surface area contributed by atoms with E-state index in [2.05, 4.69) is 17.0 Å². The Morgan fingerprint density at radius 3 is 2.76 bits per heavy atom. The van der Waals surface area contributed by atoms with Gasteiger partial charge >= 0.3 is 0 Å². The Bertz CT molecular complexity index is 481. The molecule has 0 spiro atoms. The lowest BCUT2D eigenvalue weighted by atomic mass is 10.4. The third-order valence-corrected chi connectivity index (χ3v) is 5.93. The minimum Gasteiger partial charge on any atom is -0.312 e. The zero-order chi connectivity index (χ0) is 12.5. The van der Waals surface area contributed by atoms with Crippen molar-refractivity contribution >= 4 is 21.4 Å². The van der Waals surface area contributed by atoms with Crippen molar-refractivity contribution in [2.24, 2.45) is 5.92 Å². The van der Waals surface area contributed by atoms with E-state index in [0.29, 0.717) is 10.1 Å². The van der Waals surface area contributed by atoms with Crippen molar-refractivity contribution < 1.29 is 8.42 Å². The molecular formula is C11H18N2O2S2. The van der Waals surface area contributed by atoms with E-state index in [0.717, 1.165) is 24.4 Å². The molecule has 0 bridgehead atoms. The minimum absolute atomic E-state index is 0.138. The van der Waals surface area contributed by atoms with E-state index in [9.17, 15) is 8.42 Å². The van der Waals surface area contributed by atoms with E-state index >= 15 is 0 Å². The van der Waals surface area contributed by atoms with Crippen molar-refractivity contribution in [1.82, 2.24) is 10.0 Å². The minimum atomic E-state index is -3.29. The highest BCUT2D eigenvalue weighted by Crippen LogP contribution is 2.31. The molecule has 0 saturated heterocycles. The van der Waals surface area contributed by atoms with Gasteiger partial charge in [-0.05, 0) is 31.0 Å². The average molecular weight is 274 g/mol. The highest BCUT2D eigenvalue weighted by Gasteiger charge is 2.36. The van der Waals surface area contributed by atoms with Gasteiger partial charge in [0.15, 0.2) is 0 Å². The second-order valence-electron chi connectivity index (χ2n) is 4.44. The van der Waals surface area contributed by atoms with Crippen LogP contribution < -0.4 is 10.0 Å². The van der Waals surface area contributed by atoms with E-state index in [4.69, 9.17) is 0 Å². The summed E-state index contributed by atoms with van der Waals surface area (Å²) in [5, 5.41) is 3.18. The second-order valence-corrected chi connectivity index (χ2v) is 7.55. The summed E-state index contributed by atoms with van der Waals surface area (Å²) < 4.78 is 27.1. The van der Waals surface area contributed by atoms with Crippen molar-refractivity contribution in [3.8, 4) is 0 Å². The average Bonchev–Trinajstić information content (AvgIpc) is 2.81. The lowest BCUT2D eigenvalue weighted by molar-refractivity contribution is 0.580. The fourth-order valence-electron chi connectivity index (χ4n) is 1.59. The van der Waals surface area contributed by atoms with Gasteiger partial charge in [-0.2, -0.15) is 0 Å². The molecule has 0 aliphatic heterocycles. The van der Waals surface area contributed by atoms with Crippen LogP contribution in [-0.2, 0) is 16.6 Å². The number of sulfonamides is 1. The van der Waals surface area contributed by atoms with Gasteiger partial charge in [0.25, 0.3) is 0 Å². The number of nitrogens with one attached hydrogen (secondary N) is 2. The molecule has 1 saturated carbocycles. The fraction of sp³-hybridized carbons (Fsp3) is 0.636. The standard InChI is InChI=1S/C11H18N2O2S2/c1-3-12-7-9-4-5-11(16-9)17(14,15)13-10-6-8(10)2/h4-5,8,10,12-13H,3,6-7H2,1-2H3. The highest BCUT2D eigenvalue weighted by atomic mass is 32.2. The Morgan fingerprint density at radius 1 is 1.47 bits per heavy atom. The van der Waals surface area contributed by atoms with E-state index in [1.54, 1.807) is 6.07 Å². The zero-order valence-electron chi connectivity index (χ0n) is 10.1. The molecule has 2 unspecified atom stereocenters. The molecule has 1 aliphatic rings. The van der Waals surface area contributed by atoms with Gasteiger partial charge in [-0.15, -0.1) is 11.3 Å². The van der Waals surface area contributed by atoms with Crippen LogP contribution in [0.5, 0.6) is 0 Å². The molecule has 6 heteroatoms. The van der Waals surface area contributed by atoms with Gasteiger partial charge in [-0.25, -0.2) is 13.1 Å². The molecule has 0 aromatic carbocycles. The van der Waals surface area contributed by atoms with Crippen LogP contribution in [0, 0.1) is 5.92 Å². The van der Waals surface area contributed by atoms with Crippen LogP contribution in [0.15, 0.2) is 16.3 Å². The highest BCUT2D eigenvalue weighted by molar-refractivity contribution is 7.91. The summed E-state index contributed by atoms with van der Waals surface area (Å²) in [4.78, 5) is 1.05. The first-order valence-corrected chi connectivity index (χ1v) is 8.14. The fourth-order valence-corrected chi connectivity index (χ4v) is 4.29. The van der Waals surface area contributed by atoms with Crippen molar-refractivity contribution in [2.45, 2.75) is 37.1 Å². The number of rotatable bonds is 6. The Labute approximate surface area is 106 Å². The van der Waals surface area contributed by atoms with E-state index < -0.39 is 10.0 Å². The molecule has 0 amide bonds. The van der Waals surface area contributed by atoms with Gasteiger partial charge in [0, 0.05) is 17.5 Å². The molecule has 2 rings (SSSR count). The van der Waals surface area contributed by atoms with Gasteiger partial charge in [-0.3, -0.25) is 0 Å². The monoisotopic (exact) mass is 274 g/mol. The summed E-state index contributed by atoms with van der Waals surface area (Å²) in [6.45, 7) is 5.70. The van der Waals surface area contributed by atoms with Crippen LogP contribution in [-0.4, -0.2) is 21.0 Å². The van der Waals surface area contributed by atoms with Gasteiger partial charge < -0.3 is 5.32 Å². The van der Waals surface area contributed by atoms with Crippen LogP contribution in [0.1, 0.15) is 25.1 Å². The molecule has 1 fully saturated rings. The summed E-state index contributed by atoms with van der Waals surface area (Å²) in [7, 11) is -3.29. The maximum atomic E-state index is 12.0. The molecule has 2 N–H and O–H groups in total. The van der Waals surface area contributed by atoms with Gasteiger partial charge in [0.05, 0.1) is 0 Å². The zero-order valence-corrected chi connectivity index (χ0v) is 11.7. The number of thiophene rings is 1. The predicted molar refractivity (Wildman–Crippen MR) is 69.6 cm³/mol. The molecule has 0 radical (unpaired) electrons. The number of hydrogen-bond donors (Lipinski definition) is 2. The first-order chi connectivity index (χ1) is 8.03. The predicted octanol–water partition coefficient (Wildman–Crippen LogP) is 1.54. The molecule has 1 aromatic heterocycles. The van der Waals surface area contributed by atoms with Crippen molar-refractivity contribution in [3.63, 3.8) is 0 Å². The molecule has 1 heterocycles. The lowest BCUT2D eigenvalue weighted by Crippen LogP contribution is -2.26. The Balaban J connectivity index is 2.02. The number of hydrogen-bond acceptors (Lipinski definition) is 4. The molecule has 1 aliphatic carbocycles. The Kier molecular flexibility index (Phi) is 3.87. The van der Waals surface area contributed by atoms with Crippen molar-refractivity contribution in [2.75, 3.05) is 6.54 Å². The molecule has 2 atom stereocenters. The lowest BCUT2D eigenvalue weighted by Gasteiger charge is -2.02. The van der Waals surface area contributed by atoms with Crippen LogP contribution in [0.25, 0.3) is 0 Å². The summed E-state index contributed by atoms with van der Waals surface area (Å²) in [6, 6.07) is 3.70. The Morgan fingerprint density at radius 2 is 2.18 bits per heavy atom. The van der Waals surface area contributed by atoms with Crippen molar-refractivity contribution in [1.29, 1.82) is 0 Å². The van der Waals surface area contributed by atoms with E-state index in [1.165, 1.54) is 11.3 Å². The molecule has 17 heavy (non-hydrogen) atoms. The topological polar surface area (TPSA) is 58.2 Å². The van der Waals surface area contributed by atoms with Crippen LogP contribution in [0.3, 0.4) is 0 Å². The van der Waals surface area contributed by atoms with Crippen LogP contribution in [0.2, 0.25) is 0 Å². The first kappa shape index (κ1) is 13.0. The van der Waals surface area contributed by atoms with Gasteiger partial charge in [0.2, 0.25) is 10.0 Å². The van der Waals surface area contributed by atoms with Crippen molar-refractivity contribution in [3.05, 3.63) is 17.0 Å². The van der Waals surface area contributed by atoms with E-state index in [-0.39, 0.29) is 6.04 Å². The third-order valence-electron chi connectivity index (χ3n) is 2.87. The smallest absolute Gasteiger partial charge is 0.250 e. The largest absolute Gasteiger partial charge is 0.312 e. The normalized spacial score (nSPS) is 23.9. The first-order valence-electron chi connectivity index (χ1n) is 5.84. The molecule has 1 aromatic rings. The quantitative estimate of drug-likeness (QED) is 0.827. The molecule has 96 valence electrons. The maximum Gasteiger partial charge on any atom is 0.250 e. The Hall–Kier alpha value is -0.430. The van der Waals surface area contributed by atoms with Gasteiger partial charge in [-0.1, -0.05) is 13.8 Å². The van der Waals surface area contributed by atoms with E-state index in [1.807, 2.05) is 13.0 Å². The SMILES string of the molecule is CCNCc1ccc(S(=O)(=O)NC2CC2C)s1. The molecular weight excluding hydrogens is 256 g/mol. The van der Waals surface area contributed by atoms with Crippen LogP contribution >= 0.6 is 11.3 Å². The summed E-state index contributed by atoms with van der Waals surface area (Å²) in [5.74, 6) is 0.478. The summed E-state index contributed by atoms with van der Waals surface area (Å²) in [6.07, 6.45) is 0.953. The second kappa shape index (κ2) is 5.06. The van der Waals surface area contributed by atoms with Gasteiger partial charge in [0.1, 0.15) is 4.21 Å².